The number of fused-ring (bicyclic) bond motifs is 1. The number of aromatic nitrogens is 1. The van der Waals surface area contributed by atoms with Gasteiger partial charge in [-0.2, -0.15) is 0 Å². The van der Waals surface area contributed by atoms with E-state index in [4.69, 9.17) is 13.6 Å². The summed E-state index contributed by atoms with van der Waals surface area (Å²) in [6, 6.07) is 12.2. The van der Waals surface area contributed by atoms with Crippen molar-refractivity contribution in [2.75, 3.05) is 0 Å². The van der Waals surface area contributed by atoms with E-state index in [1.807, 2.05) is 17.5 Å². The van der Waals surface area contributed by atoms with Gasteiger partial charge >= 0.3 is 11.6 Å². The number of carbonyl (C=O) groups is 1. The molecule has 0 bridgehead atoms. The number of rotatable bonds is 4. The molecule has 0 saturated heterocycles. The zero-order valence-corrected chi connectivity index (χ0v) is 13.6. The summed E-state index contributed by atoms with van der Waals surface area (Å²) in [4.78, 5) is 29.3. The fourth-order valence-corrected chi connectivity index (χ4v) is 2.96. The quantitative estimate of drug-likeness (QED) is 0.409. The first kappa shape index (κ1) is 15.3. The van der Waals surface area contributed by atoms with E-state index in [1.165, 1.54) is 23.7 Å². The zero-order chi connectivity index (χ0) is 17.2. The Balaban J connectivity index is 1.51. The summed E-state index contributed by atoms with van der Waals surface area (Å²) in [5.74, 6) is -0.300. The van der Waals surface area contributed by atoms with Crippen molar-refractivity contribution in [2.45, 2.75) is 6.61 Å². The van der Waals surface area contributed by atoms with Crippen molar-refractivity contribution in [3.05, 3.63) is 75.8 Å². The van der Waals surface area contributed by atoms with Gasteiger partial charge in [0, 0.05) is 5.39 Å². The van der Waals surface area contributed by atoms with Crippen molar-refractivity contribution in [1.29, 1.82) is 0 Å². The van der Waals surface area contributed by atoms with Crippen LogP contribution in [0.2, 0.25) is 0 Å². The first-order valence-electron chi connectivity index (χ1n) is 7.39. The molecule has 4 aromatic rings. The van der Waals surface area contributed by atoms with E-state index >= 15 is 0 Å². The van der Waals surface area contributed by atoms with Gasteiger partial charge < -0.3 is 13.6 Å². The maximum absolute atomic E-state index is 12.2. The van der Waals surface area contributed by atoms with Crippen molar-refractivity contribution in [3.8, 4) is 10.8 Å². The summed E-state index contributed by atoms with van der Waals surface area (Å²) < 4.78 is 15.6. The standard InChI is InChI=1S/C18H11NO5S/c20-17(13-8-11-4-1-2-5-14(11)24-18(13)21)23-10-12-9-22-16(19-12)15-6-3-7-25-15/h1-9H,10H2. The second-order valence-corrected chi connectivity index (χ2v) is 6.13. The molecule has 4 rings (SSSR count). The molecule has 0 amide bonds. The molecule has 7 heteroatoms. The van der Waals surface area contributed by atoms with Crippen LogP contribution in [0.3, 0.4) is 0 Å². The van der Waals surface area contributed by atoms with Crippen LogP contribution in [-0.4, -0.2) is 11.0 Å². The molecule has 0 radical (unpaired) electrons. The summed E-state index contributed by atoms with van der Waals surface area (Å²) in [7, 11) is 0. The van der Waals surface area contributed by atoms with Crippen LogP contribution in [0, 0.1) is 0 Å². The predicted octanol–water partition coefficient (Wildman–Crippen LogP) is 3.87. The first-order chi connectivity index (χ1) is 12.2. The number of hydrogen-bond acceptors (Lipinski definition) is 7. The van der Waals surface area contributed by atoms with Crippen LogP contribution in [0.1, 0.15) is 16.1 Å². The molecule has 1 aromatic carbocycles. The molecule has 0 N–H and O–H groups in total. The summed E-state index contributed by atoms with van der Waals surface area (Å²) in [6.45, 7) is -0.0972. The Kier molecular flexibility index (Phi) is 3.91. The van der Waals surface area contributed by atoms with Gasteiger partial charge in [-0.25, -0.2) is 14.6 Å². The van der Waals surface area contributed by atoms with E-state index in [1.54, 1.807) is 24.3 Å². The van der Waals surface area contributed by atoms with Gasteiger partial charge in [-0.3, -0.25) is 0 Å². The fourth-order valence-electron chi connectivity index (χ4n) is 2.31. The second-order valence-electron chi connectivity index (χ2n) is 5.18. The van der Waals surface area contributed by atoms with E-state index < -0.39 is 11.6 Å². The van der Waals surface area contributed by atoms with Crippen LogP contribution < -0.4 is 5.63 Å². The maximum atomic E-state index is 12.2. The highest BCUT2D eigenvalue weighted by molar-refractivity contribution is 7.13. The van der Waals surface area contributed by atoms with Gasteiger partial charge in [0.15, 0.2) is 0 Å². The molecule has 3 heterocycles. The van der Waals surface area contributed by atoms with Gasteiger partial charge in [0.2, 0.25) is 5.89 Å². The van der Waals surface area contributed by atoms with E-state index in [0.717, 1.165) is 4.88 Å². The van der Waals surface area contributed by atoms with Gasteiger partial charge in [-0.1, -0.05) is 24.3 Å². The normalized spacial score (nSPS) is 10.9. The highest BCUT2D eigenvalue weighted by atomic mass is 32.1. The summed E-state index contributed by atoms with van der Waals surface area (Å²) in [5.41, 5.74) is -0.00753. The van der Waals surface area contributed by atoms with Crippen molar-refractivity contribution < 1.29 is 18.4 Å². The number of ether oxygens (including phenoxy) is 1. The number of oxazole rings is 1. The molecule has 0 aliphatic heterocycles. The van der Waals surface area contributed by atoms with Crippen LogP contribution >= 0.6 is 11.3 Å². The largest absolute Gasteiger partial charge is 0.455 e. The minimum absolute atomic E-state index is 0.0972. The number of hydrogen-bond donors (Lipinski definition) is 0. The number of nitrogens with zero attached hydrogens (tertiary/aromatic N) is 1. The highest BCUT2D eigenvalue weighted by Gasteiger charge is 2.16. The molecule has 124 valence electrons. The third kappa shape index (κ3) is 3.09. The average molecular weight is 353 g/mol. The predicted molar refractivity (Wildman–Crippen MR) is 91.4 cm³/mol. The van der Waals surface area contributed by atoms with Gasteiger partial charge in [0.25, 0.3) is 0 Å². The molecule has 0 spiro atoms. The lowest BCUT2D eigenvalue weighted by atomic mass is 10.2. The Bertz CT molecular complexity index is 1090. The van der Waals surface area contributed by atoms with Crippen LogP contribution in [0.25, 0.3) is 21.7 Å². The highest BCUT2D eigenvalue weighted by Crippen LogP contribution is 2.23. The lowest BCUT2D eigenvalue weighted by molar-refractivity contribution is 0.0463. The minimum Gasteiger partial charge on any atom is -0.455 e. The van der Waals surface area contributed by atoms with Crippen molar-refractivity contribution in [2.24, 2.45) is 0 Å². The lowest BCUT2D eigenvalue weighted by Crippen LogP contribution is -2.16. The summed E-state index contributed by atoms with van der Waals surface area (Å²) in [6.07, 6.45) is 1.42. The van der Waals surface area contributed by atoms with Crippen LogP contribution in [-0.2, 0) is 11.3 Å². The van der Waals surface area contributed by atoms with Crippen LogP contribution in [0.15, 0.2) is 67.7 Å². The summed E-state index contributed by atoms with van der Waals surface area (Å²) >= 11 is 1.50. The van der Waals surface area contributed by atoms with E-state index in [0.29, 0.717) is 22.6 Å². The Morgan fingerprint density at radius 3 is 2.92 bits per heavy atom. The number of esters is 1. The number of para-hydroxylation sites is 1. The summed E-state index contributed by atoms with van der Waals surface area (Å²) in [5, 5.41) is 2.56. The Labute approximate surface area is 145 Å². The number of carbonyl (C=O) groups excluding carboxylic acids is 1. The van der Waals surface area contributed by atoms with Crippen molar-refractivity contribution in [3.63, 3.8) is 0 Å². The van der Waals surface area contributed by atoms with E-state index in [9.17, 15) is 9.59 Å². The number of benzene rings is 1. The van der Waals surface area contributed by atoms with Gasteiger partial charge in [-0.05, 0) is 23.6 Å². The molecule has 0 aliphatic rings. The maximum Gasteiger partial charge on any atom is 0.351 e. The fraction of sp³-hybridized carbons (Fsp3) is 0.0556. The Hall–Kier alpha value is -3.19. The molecule has 25 heavy (non-hydrogen) atoms. The Morgan fingerprint density at radius 1 is 1.20 bits per heavy atom. The van der Waals surface area contributed by atoms with Gasteiger partial charge in [0.05, 0.1) is 4.88 Å². The number of thiophene rings is 1. The van der Waals surface area contributed by atoms with E-state index in [-0.39, 0.29) is 12.2 Å². The third-order valence-corrected chi connectivity index (χ3v) is 4.35. The molecule has 0 fully saturated rings. The molecule has 0 unspecified atom stereocenters. The zero-order valence-electron chi connectivity index (χ0n) is 12.8. The average Bonchev–Trinajstić information content (AvgIpc) is 3.30. The molecule has 0 saturated carbocycles. The molecule has 3 aromatic heterocycles. The lowest BCUT2D eigenvalue weighted by Gasteiger charge is -2.02. The monoisotopic (exact) mass is 353 g/mol. The SMILES string of the molecule is O=C(OCc1coc(-c2cccs2)n1)c1cc2ccccc2oc1=O. The molecule has 0 atom stereocenters. The molecular formula is C18H11NO5S. The smallest absolute Gasteiger partial charge is 0.351 e. The van der Waals surface area contributed by atoms with Crippen LogP contribution in [0.5, 0.6) is 0 Å². The van der Waals surface area contributed by atoms with Crippen molar-refractivity contribution in [1.82, 2.24) is 4.98 Å². The topological polar surface area (TPSA) is 82.5 Å². The van der Waals surface area contributed by atoms with Crippen molar-refractivity contribution >= 4 is 28.3 Å². The second kappa shape index (κ2) is 6.37. The van der Waals surface area contributed by atoms with Gasteiger partial charge in [0.1, 0.15) is 29.7 Å². The van der Waals surface area contributed by atoms with Gasteiger partial charge in [-0.15, -0.1) is 11.3 Å². The molecular weight excluding hydrogens is 342 g/mol. The first-order valence-corrected chi connectivity index (χ1v) is 8.27. The third-order valence-electron chi connectivity index (χ3n) is 3.50. The molecule has 6 nitrogen and oxygen atoms in total. The Morgan fingerprint density at radius 2 is 2.08 bits per heavy atom. The van der Waals surface area contributed by atoms with Crippen LogP contribution in [0.4, 0.5) is 0 Å². The minimum atomic E-state index is -0.764. The van der Waals surface area contributed by atoms with E-state index in [2.05, 4.69) is 4.98 Å². The molecule has 0 aliphatic carbocycles.